The number of carbonyl (C=O) groups is 4. The Morgan fingerprint density at radius 2 is 1.74 bits per heavy atom. The lowest BCUT2D eigenvalue weighted by Crippen LogP contribution is -2.66. The van der Waals surface area contributed by atoms with E-state index in [1.807, 2.05) is 11.0 Å². The molecule has 3 aliphatic rings. The molecule has 7 heteroatoms. The van der Waals surface area contributed by atoms with Crippen LogP contribution in [0.25, 0.3) is 0 Å². The number of nitrogens with one attached hydrogen (secondary N) is 1. The summed E-state index contributed by atoms with van der Waals surface area (Å²) in [4.78, 5) is 51.0. The van der Waals surface area contributed by atoms with Gasteiger partial charge in [-0.25, -0.2) is 0 Å². The van der Waals surface area contributed by atoms with Crippen LogP contribution < -0.4 is 5.32 Å². The molecular weight excluding hydrogens is 396 g/mol. The van der Waals surface area contributed by atoms with E-state index in [9.17, 15) is 19.2 Å². The van der Waals surface area contributed by atoms with Crippen molar-refractivity contribution in [3.05, 3.63) is 35.9 Å². The van der Waals surface area contributed by atoms with Gasteiger partial charge in [0.25, 0.3) is 0 Å². The molecule has 31 heavy (non-hydrogen) atoms. The van der Waals surface area contributed by atoms with Gasteiger partial charge >= 0.3 is 5.97 Å². The van der Waals surface area contributed by atoms with Crippen LogP contribution in [0.1, 0.15) is 62.8 Å². The van der Waals surface area contributed by atoms with Gasteiger partial charge in [0.2, 0.25) is 11.8 Å². The highest BCUT2D eigenvalue weighted by Gasteiger charge is 2.55. The van der Waals surface area contributed by atoms with E-state index in [0.717, 1.165) is 44.9 Å². The van der Waals surface area contributed by atoms with Crippen molar-refractivity contribution in [2.75, 3.05) is 13.1 Å². The lowest BCUT2D eigenvalue weighted by atomic mass is 9.67. The molecular formula is C24H30N2O5. The minimum absolute atomic E-state index is 0.198. The van der Waals surface area contributed by atoms with Crippen LogP contribution in [-0.2, 0) is 19.2 Å². The fourth-order valence-corrected chi connectivity index (χ4v) is 5.55. The number of rotatable bonds is 6. The fourth-order valence-electron chi connectivity index (χ4n) is 5.55. The highest BCUT2D eigenvalue weighted by molar-refractivity contribution is 6.20. The molecule has 1 saturated heterocycles. The van der Waals surface area contributed by atoms with Gasteiger partial charge in [-0.15, -0.1) is 0 Å². The van der Waals surface area contributed by atoms with Crippen LogP contribution in [0.5, 0.6) is 0 Å². The maximum atomic E-state index is 13.3. The van der Waals surface area contributed by atoms with Crippen LogP contribution in [0, 0.1) is 11.8 Å². The van der Waals surface area contributed by atoms with Gasteiger partial charge in [0, 0.05) is 18.5 Å². The number of benzene rings is 1. The number of carboxylic acids is 1. The van der Waals surface area contributed by atoms with Gasteiger partial charge in [-0.3, -0.25) is 19.2 Å². The zero-order valence-corrected chi connectivity index (χ0v) is 17.7. The van der Waals surface area contributed by atoms with Gasteiger partial charge < -0.3 is 15.3 Å². The zero-order valence-electron chi connectivity index (χ0n) is 17.7. The normalized spacial score (nSPS) is 27.6. The van der Waals surface area contributed by atoms with Gasteiger partial charge in [0.15, 0.2) is 11.7 Å². The van der Waals surface area contributed by atoms with Gasteiger partial charge in [-0.2, -0.15) is 0 Å². The minimum Gasteiger partial charge on any atom is -0.480 e. The van der Waals surface area contributed by atoms with Crippen LogP contribution in [0.4, 0.5) is 0 Å². The average molecular weight is 427 g/mol. The number of piperidine rings is 1. The van der Waals surface area contributed by atoms with Crippen molar-refractivity contribution in [1.29, 1.82) is 0 Å². The molecule has 1 spiro atoms. The first-order valence-corrected chi connectivity index (χ1v) is 11.3. The summed E-state index contributed by atoms with van der Waals surface area (Å²) in [5, 5.41) is 11.0. The third-order valence-electron chi connectivity index (χ3n) is 7.43. The largest absolute Gasteiger partial charge is 0.480 e. The lowest BCUT2D eigenvalue weighted by Gasteiger charge is -2.54. The molecule has 1 aliphatic heterocycles. The molecule has 2 aliphatic carbocycles. The van der Waals surface area contributed by atoms with Gasteiger partial charge in [-0.05, 0) is 62.3 Å². The second kappa shape index (κ2) is 8.81. The Hall–Kier alpha value is -2.70. The molecule has 7 nitrogen and oxygen atoms in total. The van der Waals surface area contributed by atoms with Crippen LogP contribution in [0.2, 0.25) is 0 Å². The van der Waals surface area contributed by atoms with Gasteiger partial charge in [0.1, 0.15) is 6.54 Å². The Morgan fingerprint density at radius 1 is 1.06 bits per heavy atom. The molecule has 1 heterocycles. The number of carbonyl (C=O) groups excluding carboxylic acids is 3. The number of Topliss-reactive ketones (excluding diaryl/α,β-unsaturated/α-hetero) is 1. The first-order chi connectivity index (χ1) is 14.9. The number of amides is 2. The first kappa shape index (κ1) is 21.5. The topological polar surface area (TPSA) is 104 Å². The first-order valence-electron chi connectivity index (χ1n) is 11.3. The van der Waals surface area contributed by atoms with E-state index in [4.69, 9.17) is 5.11 Å². The lowest BCUT2D eigenvalue weighted by molar-refractivity contribution is -0.165. The second-order valence-electron chi connectivity index (χ2n) is 9.34. The molecule has 4 rings (SSSR count). The molecule has 1 atom stereocenters. The van der Waals surface area contributed by atoms with Crippen LogP contribution in [0.15, 0.2) is 30.3 Å². The van der Waals surface area contributed by atoms with Gasteiger partial charge in [0.05, 0.1) is 0 Å². The third-order valence-corrected chi connectivity index (χ3v) is 7.43. The molecule has 2 amide bonds. The second-order valence-corrected chi connectivity index (χ2v) is 9.34. The molecule has 0 bridgehead atoms. The molecule has 2 N–H and O–H groups in total. The minimum atomic E-state index is -1.41. The van der Waals surface area contributed by atoms with Crippen LogP contribution in [-0.4, -0.2) is 52.2 Å². The predicted octanol–water partition coefficient (Wildman–Crippen LogP) is 2.50. The van der Waals surface area contributed by atoms with Crippen molar-refractivity contribution in [3.8, 4) is 0 Å². The van der Waals surface area contributed by atoms with Crippen LogP contribution in [0.3, 0.4) is 0 Å². The molecule has 1 aromatic rings. The predicted molar refractivity (Wildman–Crippen MR) is 113 cm³/mol. The fraction of sp³-hybridized carbons (Fsp3) is 0.583. The molecule has 1 aromatic carbocycles. The quantitative estimate of drug-likeness (QED) is 0.680. The Balaban J connectivity index is 1.43. The number of hydrogen-bond donors (Lipinski definition) is 2. The van der Waals surface area contributed by atoms with E-state index < -0.39 is 35.8 Å². The van der Waals surface area contributed by atoms with E-state index in [0.29, 0.717) is 18.4 Å². The molecule has 166 valence electrons. The maximum Gasteiger partial charge on any atom is 0.322 e. The monoisotopic (exact) mass is 426 g/mol. The molecule has 1 unspecified atom stereocenters. The van der Waals surface area contributed by atoms with Crippen LogP contribution >= 0.6 is 0 Å². The van der Waals surface area contributed by atoms with Crippen molar-refractivity contribution in [2.24, 2.45) is 11.8 Å². The summed E-state index contributed by atoms with van der Waals surface area (Å²) in [6, 6.07) is 10.5. The summed E-state index contributed by atoms with van der Waals surface area (Å²) in [6.07, 6.45) is 6.96. The van der Waals surface area contributed by atoms with E-state index in [1.165, 1.54) is 5.56 Å². The zero-order chi connectivity index (χ0) is 22.0. The number of likely N-dealkylation sites (tertiary alicyclic amines) is 1. The van der Waals surface area contributed by atoms with Crippen molar-refractivity contribution in [2.45, 2.75) is 62.8 Å². The number of carboxylic acid groups (broad SMARTS) is 1. The Kier molecular flexibility index (Phi) is 6.12. The maximum absolute atomic E-state index is 13.3. The molecule has 0 aromatic heterocycles. The molecule has 0 radical (unpaired) electrons. The average Bonchev–Trinajstić information content (AvgIpc) is 2.74. The van der Waals surface area contributed by atoms with E-state index >= 15 is 0 Å². The van der Waals surface area contributed by atoms with E-state index in [-0.39, 0.29) is 12.2 Å². The third kappa shape index (κ3) is 4.36. The smallest absolute Gasteiger partial charge is 0.322 e. The SMILES string of the molecule is O=C(O)CNC(=O)C1C(=O)CC2(CCC2)N(CC2CCC(c3ccccc3)CC2)C1=O. The highest BCUT2D eigenvalue weighted by atomic mass is 16.4. The van der Waals surface area contributed by atoms with Crippen molar-refractivity contribution >= 4 is 23.6 Å². The summed E-state index contributed by atoms with van der Waals surface area (Å²) in [7, 11) is 0. The summed E-state index contributed by atoms with van der Waals surface area (Å²) >= 11 is 0. The summed E-state index contributed by atoms with van der Waals surface area (Å²) in [6.45, 7) is -0.0130. The number of ketones is 1. The number of aliphatic carboxylic acids is 1. The Bertz CT molecular complexity index is 856. The van der Waals surface area contributed by atoms with Crippen molar-refractivity contribution in [1.82, 2.24) is 10.2 Å². The van der Waals surface area contributed by atoms with Crippen molar-refractivity contribution < 1.29 is 24.3 Å². The number of hydrogen-bond acceptors (Lipinski definition) is 4. The molecule has 3 fully saturated rings. The standard InChI is InChI=1S/C24H30N2O5/c27-19-13-24(11-4-12-24)26(23(31)21(19)22(30)25-14-20(28)29)15-16-7-9-18(10-8-16)17-5-2-1-3-6-17/h1-3,5-6,16,18,21H,4,7-15H2,(H,25,30)(H,28,29). The Labute approximate surface area is 182 Å². The van der Waals surface area contributed by atoms with E-state index in [1.54, 1.807) is 0 Å². The van der Waals surface area contributed by atoms with Crippen molar-refractivity contribution in [3.63, 3.8) is 0 Å². The summed E-state index contributed by atoms with van der Waals surface area (Å²) in [5.41, 5.74) is 0.930. The Morgan fingerprint density at radius 3 is 2.32 bits per heavy atom. The van der Waals surface area contributed by atoms with E-state index in [2.05, 4.69) is 29.6 Å². The number of nitrogens with zero attached hydrogens (tertiary/aromatic N) is 1. The molecule has 2 saturated carbocycles. The van der Waals surface area contributed by atoms with Gasteiger partial charge in [-0.1, -0.05) is 30.3 Å². The summed E-state index contributed by atoms with van der Waals surface area (Å²) < 4.78 is 0. The highest BCUT2D eigenvalue weighted by Crippen LogP contribution is 2.46. The summed E-state index contributed by atoms with van der Waals surface area (Å²) in [5.74, 6) is -3.32.